The molecule has 1 fully saturated rings. The van der Waals surface area contributed by atoms with Gasteiger partial charge < -0.3 is 10.2 Å². The van der Waals surface area contributed by atoms with E-state index in [1.807, 2.05) is 24.0 Å². The van der Waals surface area contributed by atoms with E-state index in [9.17, 15) is 4.79 Å². The number of piperidine rings is 1. The van der Waals surface area contributed by atoms with Crippen molar-refractivity contribution in [1.82, 2.24) is 19.9 Å². The predicted octanol–water partition coefficient (Wildman–Crippen LogP) is 2.65. The third-order valence-corrected chi connectivity index (χ3v) is 4.23. The molecule has 0 radical (unpaired) electrons. The number of carbonyl (C=O) groups excluding carboxylic acids is 1. The molecule has 3 heterocycles. The largest absolute Gasteiger partial charge is 0.342 e. The first kappa shape index (κ1) is 15.4. The second-order valence-corrected chi connectivity index (χ2v) is 5.89. The Morgan fingerprint density at radius 2 is 2.00 bits per heavy atom. The van der Waals surface area contributed by atoms with Crippen LogP contribution in [0.3, 0.4) is 0 Å². The summed E-state index contributed by atoms with van der Waals surface area (Å²) in [7, 11) is 0. The first-order chi connectivity index (χ1) is 11.1. The first-order valence-corrected chi connectivity index (χ1v) is 7.90. The zero-order valence-electron chi connectivity index (χ0n) is 13.5. The third-order valence-electron chi connectivity index (χ3n) is 4.23. The number of likely N-dealkylation sites (tertiary alicyclic amines) is 1. The molecule has 0 aliphatic carbocycles. The number of pyridine rings is 1. The lowest BCUT2D eigenvalue weighted by Gasteiger charge is -2.32. The molecule has 23 heavy (non-hydrogen) atoms. The van der Waals surface area contributed by atoms with Crippen LogP contribution < -0.4 is 5.32 Å². The van der Waals surface area contributed by atoms with Crippen molar-refractivity contribution in [2.24, 2.45) is 0 Å². The Morgan fingerprint density at radius 1 is 1.22 bits per heavy atom. The molecule has 6 nitrogen and oxygen atoms in total. The van der Waals surface area contributed by atoms with Crippen LogP contribution in [-0.4, -0.2) is 38.8 Å². The minimum atomic E-state index is 0.119. The quantitative estimate of drug-likeness (QED) is 0.943. The summed E-state index contributed by atoms with van der Waals surface area (Å²) < 4.78 is 0. The topological polar surface area (TPSA) is 71.0 Å². The Morgan fingerprint density at radius 3 is 2.78 bits per heavy atom. The molecule has 0 spiro atoms. The fraction of sp³-hybridized carbons (Fsp3) is 0.412. The molecule has 3 rings (SSSR count). The van der Waals surface area contributed by atoms with E-state index in [4.69, 9.17) is 0 Å². The van der Waals surface area contributed by atoms with Gasteiger partial charge in [-0.15, -0.1) is 0 Å². The van der Waals surface area contributed by atoms with Gasteiger partial charge in [-0.1, -0.05) is 6.07 Å². The number of nitrogens with zero attached hydrogens (tertiary/aromatic N) is 4. The fourth-order valence-electron chi connectivity index (χ4n) is 2.96. The maximum atomic E-state index is 11.7. The number of amides is 1. The van der Waals surface area contributed by atoms with E-state index >= 15 is 0 Å². The number of aryl methyl sites for hydroxylation is 1. The van der Waals surface area contributed by atoms with Gasteiger partial charge in [-0.2, -0.15) is 0 Å². The van der Waals surface area contributed by atoms with Crippen LogP contribution in [0.4, 0.5) is 11.6 Å². The lowest BCUT2D eigenvalue weighted by Crippen LogP contribution is -2.38. The normalized spacial score (nSPS) is 17.8. The van der Waals surface area contributed by atoms with E-state index < -0.39 is 0 Å². The van der Waals surface area contributed by atoms with Gasteiger partial charge in [0.25, 0.3) is 0 Å². The predicted molar refractivity (Wildman–Crippen MR) is 88.5 cm³/mol. The highest BCUT2D eigenvalue weighted by molar-refractivity contribution is 5.73. The van der Waals surface area contributed by atoms with Crippen LogP contribution in [0.15, 0.2) is 30.7 Å². The second-order valence-electron chi connectivity index (χ2n) is 5.89. The highest BCUT2D eigenvalue weighted by Crippen LogP contribution is 2.30. The average Bonchev–Trinajstić information content (AvgIpc) is 2.57. The first-order valence-electron chi connectivity index (χ1n) is 7.90. The van der Waals surface area contributed by atoms with Gasteiger partial charge in [-0.25, -0.2) is 9.97 Å². The monoisotopic (exact) mass is 311 g/mol. The van der Waals surface area contributed by atoms with E-state index in [2.05, 4.69) is 20.3 Å². The van der Waals surface area contributed by atoms with Crippen molar-refractivity contribution in [2.75, 3.05) is 18.4 Å². The summed E-state index contributed by atoms with van der Waals surface area (Å²) in [5, 5.41) is 3.29. The van der Waals surface area contributed by atoms with Crippen LogP contribution >= 0.6 is 0 Å². The number of rotatable bonds is 3. The Balaban J connectivity index is 1.86. The number of aromatic nitrogens is 3. The third kappa shape index (κ3) is 3.47. The molecule has 0 bridgehead atoms. The standard InChI is InChI=1S/C17H21N5O/c1-12-5-3-7-19-16(12)21-17-15(18-8-9-20-17)14-6-4-10-22(11-14)13(2)23/h3,5,7-9,14H,4,6,10-11H2,1-2H3,(H,19,20,21). The van der Waals surface area contributed by atoms with Crippen LogP contribution in [0.2, 0.25) is 0 Å². The van der Waals surface area contributed by atoms with Gasteiger partial charge in [0, 0.05) is 44.5 Å². The van der Waals surface area contributed by atoms with Gasteiger partial charge in [0.2, 0.25) is 5.91 Å². The molecule has 1 unspecified atom stereocenters. The Hall–Kier alpha value is -2.50. The van der Waals surface area contributed by atoms with Crippen LogP contribution in [0.25, 0.3) is 0 Å². The van der Waals surface area contributed by atoms with Crippen LogP contribution in [0.1, 0.15) is 36.9 Å². The smallest absolute Gasteiger partial charge is 0.219 e. The van der Waals surface area contributed by atoms with Gasteiger partial charge >= 0.3 is 0 Å². The molecule has 1 N–H and O–H groups in total. The van der Waals surface area contributed by atoms with Gasteiger partial charge in [-0.05, 0) is 31.4 Å². The number of nitrogens with one attached hydrogen (secondary N) is 1. The van der Waals surface area contributed by atoms with Crippen LogP contribution in [-0.2, 0) is 4.79 Å². The zero-order valence-corrected chi connectivity index (χ0v) is 13.5. The Kier molecular flexibility index (Phi) is 4.50. The second kappa shape index (κ2) is 6.73. The maximum absolute atomic E-state index is 11.7. The number of hydrogen-bond acceptors (Lipinski definition) is 5. The van der Waals surface area contributed by atoms with Crippen molar-refractivity contribution in [2.45, 2.75) is 32.6 Å². The van der Waals surface area contributed by atoms with Crippen molar-refractivity contribution in [3.8, 4) is 0 Å². The highest BCUT2D eigenvalue weighted by Gasteiger charge is 2.26. The van der Waals surface area contributed by atoms with E-state index in [0.717, 1.165) is 42.3 Å². The number of anilines is 2. The van der Waals surface area contributed by atoms with Crippen LogP contribution in [0.5, 0.6) is 0 Å². The van der Waals surface area contributed by atoms with E-state index in [1.54, 1.807) is 25.5 Å². The molecule has 120 valence electrons. The average molecular weight is 311 g/mol. The summed E-state index contributed by atoms with van der Waals surface area (Å²) in [6.45, 7) is 5.15. The minimum absolute atomic E-state index is 0.119. The molecule has 6 heteroatoms. The molecule has 1 atom stereocenters. The van der Waals surface area contributed by atoms with E-state index in [0.29, 0.717) is 6.54 Å². The summed E-state index contributed by atoms with van der Waals surface area (Å²) in [6.07, 6.45) is 7.14. The zero-order chi connectivity index (χ0) is 16.2. The maximum Gasteiger partial charge on any atom is 0.219 e. The van der Waals surface area contributed by atoms with Crippen molar-refractivity contribution in [3.05, 3.63) is 42.0 Å². The van der Waals surface area contributed by atoms with E-state index in [1.165, 1.54) is 0 Å². The number of carbonyl (C=O) groups is 1. The summed E-state index contributed by atoms with van der Waals surface area (Å²) >= 11 is 0. The molecule has 1 aliphatic rings. The lowest BCUT2D eigenvalue weighted by atomic mass is 9.94. The molecule has 1 saturated heterocycles. The van der Waals surface area contributed by atoms with Crippen molar-refractivity contribution < 1.29 is 4.79 Å². The Bertz CT molecular complexity index is 703. The summed E-state index contributed by atoms with van der Waals surface area (Å²) in [5.74, 6) is 1.83. The molecule has 2 aromatic heterocycles. The van der Waals surface area contributed by atoms with Gasteiger partial charge in [0.1, 0.15) is 5.82 Å². The molecule has 0 aromatic carbocycles. The Labute approximate surface area is 136 Å². The SMILES string of the molecule is CC(=O)N1CCCC(c2nccnc2Nc2ncccc2C)C1. The lowest BCUT2D eigenvalue weighted by molar-refractivity contribution is -0.130. The van der Waals surface area contributed by atoms with Crippen LogP contribution in [0, 0.1) is 6.92 Å². The minimum Gasteiger partial charge on any atom is -0.342 e. The fourth-order valence-corrected chi connectivity index (χ4v) is 2.96. The molecule has 1 amide bonds. The van der Waals surface area contributed by atoms with Gasteiger partial charge in [0.15, 0.2) is 5.82 Å². The summed E-state index contributed by atoms with van der Waals surface area (Å²) in [6, 6.07) is 3.91. The van der Waals surface area contributed by atoms with E-state index in [-0.39, 0.29) is 11.8 Å². The van der Waals surface area contributed by atoms with Gasteiger partial charge in [-0.3, -0.25) is 9.78 Å². The highest BCUT2D eigenvalue weighted by atomic mass is 16.2. The molecule has 2 aromatic rings. The van der Waals surface area contributed by atoms with Crippen molar-refractivity contribution in [1.29, 1.82) is 0 Å². The van der Waals surface area contributed by atoms with Crippen molar-refractivity contribution in [3.63, 3.8) is 0 Å². The van der Waals surface area contributed by atoms with Crippen molar-refractivity contribution >= 4 is 17.5 Å². The number of hydrogen-bond donors (Lipinski definition) is 1. The molecular weight excluding hydrogens is 290 g/mol. The summed E-state index contributed by atoms with van der Waals surface area (Å²) in [5.41, 5.74) is 1.96. The molecule has 0 saturated carbocycles. The molecule has 1 aliphatic heterocycles. The summed E-state index contributed by atoms with van der Waals surface area (Å²) in [4.78, 5) is 26.9. The molecular formula is C17H21N5O. The van der Waals surface area contributed by atoms with Gasteiger partial charge in [0.05, 0.1) is 5.69 Å².